The molecule has 0 fully saturated rings. The molecule has 170 valence electrons. The molecule has 29 heavy (non-hydrogen) atoms. The molecular formula is C19H33F3O5SSn. The first-order valence-corrected chi connectivity index (χ1v) is 21.4. The predicted octanol–water partition coefficient (Wildman–Crippen LogP) is 5.85. The third-order valence-electron chi connectivity index (χ3n) is 3.76. The van der Waals surface area contributed by atoms with E-state index in [4.69, 9.17) is 4.74 Å². The molecule has 0 aliphatic heterocycles. The van der Waals surface area contributed by atoms with Crippen LogP contribution >= 0.6 is 0 Å². The number of carbonyl (C=O) groups is 1. The van der Waals surface area contributed by atoms with Crippen molar-refractivity contribution in [1.82, 2.24) is 0 Å². The van der Waals surface area contributed by atoms with Crippen LogP contribution in [0.15, 0.2) is 22.5 Å². The van der Waals surface area contributed by atoms with Crippen molar-refractivity contribution in [1.29, 1.82) is 0 Å². The van der Waals surface area contributed by atoms with E-state index in [0.717, 1.165) is 32.1 Å². The van der Waals surface area contributed by atoms with Crippen LogP contribution in [-0.4, -0.2) is 44.9 Å². The Morgan fingerprint density at radius 3 is 2.03 bits per heavy atom. The summed E-state index contributed by atoms with van der Waals surface area (Å²) in [6.07, 6.45) is 7.77. The number of allylic oxidation sites excluding steroid dienone is 1. The number of carbonyl (C=O) groups excluding carboxylic acids is 1. The fraction of sp³-hybridized carbons (Fsp3) is 0.737. The van der Waals surface area contributed by atoms with E-state index in [1.807, 2.05) is 0 Å². The van der Waals surface area contributed by atoms with Crippen molar-refractivity contribution in [3.05, 3.63) is 22.5 Å². The summed E-state index contributed by atoms with van der Waals surface area (Å²) in [4.78, 5) is 18.5. The van der Waals surface area contributed by atoms with Gasteiger partial charge < -0.3 is 4.18 Å². The van der Waals surface area contributed by atoms with Gasteiger partial charge in [-0.05, 0) is 6.42 Å². The molecule has 0 heterocycles. The Hall–Kier alpha value is -0.711. The van der Waals surface area contributed by atoms with E-state index in [9.17, 15) is 26.4 Å². The maximum absolute atomic E-state index is 12.2. The maximum atomic E-state index is 12.2. The van der Waals surface area contributed by atoms with Crippen LogP contribution in [0.4, 0.5) is 13.2 Å². The average molecular weight is 549 g/mol. The second kappa shape index (κ2) is 13.6. The van der Waals surface area contributed by atoms with Gasteiger partial charge in [-0.3, -0.25) is 0 Å². The summed E-state index contributed by atoms with van der Waals surface area (Å²) in [6, 6.07) is 0. The molecule has 0 saturated heterocycles. The Balaban J connectivity index is 3.65. The third kappa shape index (κ3) is 15.7. The number of esters is 1. The number of hydrogen-bond acceptors (Lipinski definition) is 5. The molecule has 0 aromatic carbocycles. The summed E-state index contributed by atoms with van der Waals surface area (Å²) in [5.41, 5.74) is -5.44. The van der Waals surface area contributed by atoms with Crippen molar-refractivity contribution < 1.29 is 35.3 Å². The second-order valence-electron chi connectivity index (χ2n) is 7.92. The summed E-state index contributed by atoms with van der Waals surface area (Å²) in [6.45, 7) is 3.62. The number of alkyl halides is 3. The molecule has 0 aliphatic carbocycles. The molecule has 5 nitrogen and oxygen atoms in total. The monoisotopic (exact) mass is 550 g/mol. The minimum Gasteiger partial charge on any atom is -0.381 e. The Morgan fingerprint density at radius 2 is 1.52 bits per heavy atom. The van der Waals surface area contributed by atoms with Crippen LogP contribution in [0.3, 0.4) is 0 Å². The zero-order chi connectivity index (χ0) is 22.6. The first-order valence-electron chi connectivity index (χ1n) is 9.76. The molecule has 0 rings (SSSR count). The quantitative estimate of drug-likeness (QED) is 0.0640. The number of halogens is 3. The normalized spacial score (nSPS) is 12.9. The van der Waals surface area contributed by atoms with Crippen molar-refractivity contribution >= 4 is 34.5 Å². The molecule has 0 spiro atoms. The maximum Gasteiger partial charge on any atom is 0.534 e. The smallest absolute Gasteiger partial charge is 0.381 e. The molecule has 0 N–H and O–H groups in total. The molecule has 10 heteroatoms. The number of hydrogen-bond donors (Lipinski definition) is 0. The van der Waals surface area contributed by atoms with Gasteiger partial charge in [0.15, 0.2) is 0 Å². The van der Waals surface area contributed by atoms with Crippen LogP contribution < -0.4 is 0 Å². The fourth-order valence-corrected chi connectivity index (χ4v) is 5.27. The minimum atomic E-state index is -5.62. The van der Waals surface area contributed by atoms with Gasteiger partial charge >= 0.3 is 126 Å². The van der Waals surface area contributed by atoms with Crippen LogP contribution in [0.2, 0.25) is 14.8 Å². The zero-order valence-electron chi connectivity index (χ0n) is 17.5. The van der Waals surface area contributed by atoms with Gasteiger partial charge in [-0.25, -0.2) is 0 Å². The number of rotatable bonds is 15. The van der Waals surface area contributed by atoms with E-state index < -0.39 is 39.8 Å². The molecule has 0 aliphatic rings. The fourth-order valence-electron chi connectivity index (χ4n) is 2.29. The molecular weight excluding hydrogens is 516 g/mol. The van der Waals surface area contributed by atoms with Crippen molar-refractivity contribution in [3.8, 4) is 0 Å². The van der Waals surface area contributed by atoms with Gasteiger partial charge in [-0.2, -0.15) is 21.6 Å². The van der Waals surface area contributed by atoms with Gasteiger partial charge in [0, 0.05) is 6.42 Å². The van der Waals surface area contributed by atoms with Crippen LogP contribution in [-0.2, 0) is 23.8 Å². The summed E-state index contributed by atoms with van der Waals surface area (Å²) in [7, 11) is -5.62. The minimum absolute atomic E-state index is 0.0507. The number of unbranched alkanes of at least 4 members (excludes halogenated alkanes) is 5. The van der Waals surface area contributed by atoms with Gasteiger partial charge in [-0.15, -0.1) is 0 Å². The van der Waals surface area contributed by atoms with E-state index in [1.54, 1.807) is 0 Å². The van der Waals surface area contributed by atoms with Gasteiger partial charge in [0.1, 0.15) is 5.76 Å². The van der Waals surface area contributed by atoms with Crippen molar-refractivity contribution in [2.75, 3.05) is 6.61 Å². The Labute approximate surface area is 176 Å². The van der Waals surface area contributed by atoms with Crippen LogP contribution in [0, 0.1) is 0 Å². The van der Waals surface area contributed by atoms with Crippen LogP contribution in [0.1, 0.15) is 57.8 Å². The van der Waals surface area contributed by atoms with Gasteiger partial charge in [0.05, 0.1) is 0 Å². The topological polar surface area (TPSA) is 69.7 Å². The van der Waals surface area contributed by atoms with Gasteiger partial charge in [0.2, 0.25) is 0 Å². The molecule has 0 bridgehead atoms. The molecule has 0 aromatic heterocycles. The zero-order valence-corrected chi connectivity index (χ0v) is 21.2. The number of ether oxygens (including phenoxy) is 1. The van der Waals surface area contributed by atoms with E-state index >= 15 is 0 Å². The van der Waals surface area contributed by atoms with Crippen LogP contribution in [0.25, 0.3) is 0 Å². The van der Waals surface area contributed by atoms with E-state index in [-0.39, 0.29) is 12.4 Å². The standard InChI is InChI=1S/C16H24F3O5S.3CH3.Sn/c1-3-4-13-23-15(20)12-10-8-6-5-7-9-11-14(2)24-25(21,22)16(17,18)19;;;;/h1,3H,2,4-13H2;3*1H3;. The van der Waals surface area contributed by atoms with E-state index in [2.05, 4.69) is 35.7 Å². The first kappa shape index (κ1) is 28.3. The molecule has 0 unspecified atom stereocenters. The van der Waals surface area contributed by atoms with Crippen molar-refractivity contribution in [2.45, 2.75) is 78.1 Å². The SMILES string of the molecule is C=C(CCCCCCCCC(=O)OCC/C=[CH]/[Sn]([CH3])([CH3])[CH3])OS(=O)(=O)C(F)(F)F. The molecule has 0 atom stereocenters. The summed E-state index contributed by atoms with van der Waals surface area (Å²) >= 11 is -1.88. The summed E-state index contributed by atoms with van der Waals surface area (Å²) in [5.74, 6) is -0.608. The van der Waals surface area contributed by atoms with Gasteiger partial charge in [-0.1, -0.05) is 6.58 Å². The molecule has 0 saturated carbocycles. The Morgan fingerprint density at radius 1 is 1.00 bits per heavy atom. The molecule has 0 radical (unpaired) electrons. The second-order valence-corrected chi connectivity index (χ2v) is 23.9. The first-order chi connectivity index (χ1) is 13.2. The van der Waals surface area contributed by atoms with E-state index in [0.29, 0.717) is 25.9 Å². The largest absolute Gasteiger partial charge is 0.534 e. The van der Waals surface area contributed by atoms with Crippen molar-refractivity contribution in [3.63, 3.8) is 0 Å². The average Bonchev–Trinajstić information content (AvgIpc) is 2.54. The van der Waals surface area contributed by atoms with Crippen molar-refractivity contribution in [2.24, 2.45) is 0 Å². The third-order valence-corrected chi connectivity index (χ3v) is 8.31. The van der Waals surface area contributed by atoms with Crippen LogP contribution in [0.5, 0.6) is 0 Å². The summed E-state index contributed by atoms with van der Waals surface area (Å²) < 4.78 is 69.5. The molecule has 0 aromatic rings. The summed E-state index contributed by atoms with van der Waals surface area (Å²) in [5, 5.41) is 0. The van der Waals surface area contributed by atoms with Gasteiger partial charge in [0.25, 0.3) is 0 Å². The Bertz CT molecular complexity index is 637. The Kier molecular flexibility index (Phi) is 13.2. The van der Waals surface area contributed by atoms with E-state index in [1.165, 1.54) is 0 Å². The predicted molar refractivity (Wildman–Crippen MR) is 110 cm³/mol. The molecule has 0 amide bonds.